The van der Waals surface area contributed by atoms with E-state index in [-0.39, 0.29) is 47.7 Å². The highest BCUT2D eigenvalue weighted by atomic mass is 32.1. The van der Waals surface area contributed by atoms with Gasteiger partial charge in [-0.1, -0.05) is 12.6 Å². The van der Waals surface area contributed by atoms with E-state index in [0.29, 0.717) is 41.7 Å². The second-order valence-electron chi connectivity index (χ2n) is 10.8. The number of nitrogens with zero attached hydrogens (tertiary/aromatic N) is 4. The lowest BCUT2D eigenvalue weighted by atomic mass is 9.96. The molecule has 1 fully saturated rings. The van der Waals surface area contributed by atoms with Crippen molar-refractivity contribution in [3.63, 3.8) is 0 Å². The van der Waals surface area contributed by atoms with Crippen LogP contribution in [0.5, 0.6) is 5.75 Å². The van der Waals surface area contributed by atoms with Gasteiger partial charge in [-0.3, -0.25) is 14.3 Å². The molecule has 0 aliphatic carbocycles. The van der Waals surface area contributed by atoms with Crippen LogP contribution < -0.4 is 10.1 Å². The molecule has 1 aliphatic rings. The number of hydrogen-bond acceptors (Lipinski definition) is 7. The molecule has 6 rings (SSSR count). The van der Waals surface area contributed by atoms with Crippen LogP contribution in [0.25, 0.3) is 43.4 Å². The standard InChI is InChI=1S/C33H31F2N5O4S/c1-4-27(41)40-10-5-6-22(18-40)37-33(42)31-29(28-24(35)15-21(34)16-26(28)44-12-11-43-3)32-23(9-13-45-32)30(38-31)19-7-8-25-20(14-19)17-36-39(25)2/h4,7-9,13-17,22H,1,5-6,10-12,18H2,2-3H3,(H,37,42). The van der Waals surface area contributed by atoms with Gasteiger partial charge in [0.05, 0.1) is 29.6 Å². The number of carbonyl (C=O) groups excluding carboxylic acids is 2. The molecule has 1 N–H and O–H groups in total. The number of rotatable bonds is 9. The maximum absolute atomic E-state index is 15.9. The monoisotopic (exact) mass is 631 g/mol. The lowest BCUT2D eigenvalue weighted by Gasteiger charge is -2.32. The number of amides is 2. The van der Waals surface area contributed by atoms with Gasteiger partial charge in [0.2, 0.25) is 5.91 Å². The Hall–Kier alpha value is -4.68. The Morgan fingerprint density at radius 3 is 2.82 bits per heavy atom. The van der Waals surface area contributed by atoms with Crippen molar-refractivity contribution in [1.29, 1.82) is 0 Å². The van der Waals surface area contributed by atoms with Crippen LogP contribution in [-0.4, -0.2) is 70.9 Å². The van der Waals surface area contributed by atoms with Crippen LogP contribution >= 0.6 is 11.3 Å². The number of benzene rings is 2. The van der Waals surface area contributed by atoms with Crippen LogP contribution in [0.3, 0.4) is 0 Å². The molecule has 2 aromatic carbocycles. The van der Waals surface area contributed by atoms with Gasteiger partial charge in [0, 0.05) is 72.0 Å². The molecule has 9 nitrogen and oxygen atoms in total. The Kier molecular flexibility index (Phi) is 8.59. The number of aryl methyl sites for hydroxylation is 1. The fourth-order valence-corrected chi connectivity index (χ4v) is 6.72. The predicted octanol–water partition coefficient (Wildman–Crippen LogP) is 5.73. The summed E-state index contributed by atoms with van der Waals surface area (Å²) >= 11 is 1.32. The van der Waals surface area contributed by atoms with Gasteiger partial charge in [-0.2, -0.15) is 5.10 Å². The molecule has 232 valence electrons. The van der Waals surface area contributed by atoms with E-state index in [2.05, 4.69) is 17.0 Å². The summed E-state index contributed by atoms with van der Waals surface area (Å²) in [5.74, 6) is -2.54. The molecule has 0 bridgehead atoms. The van der Waals surface area contributed by atoms with Crippen LogP contribution in [0.1, 0.15) is 23.3 Å². The minimum Gasteiger partial charge on any atom is -0.490 e. The van der Waals surface area contributed by atoms with Gasteiger partial charge in [-0.25, -0.2) is 13.8 Å². The third kappa shape index (κ3) is 5.90. The Labute approximate surface area is 262 Å². The molecule has 1 atom stereocenters. The second-order valence-corrected chi connectivity index (χ2v) is 11.7. The van der Waals surface area contributed by atoms with Crippen molar-refractivity contribution < 1.29 is 27.8 Å². The topological polar surface area (TPSA) is 98.6 Å². The van der Waals surface area contributed by atoms with Gasteiger partial charge in [0.1, 0.15) is 29.7 Å². The number of carbonyl (C=O) groups is 2. The van der Waals surface area contributed by atoms with Gasteiger partial charge in [-0.05, 0) is 42.5 Å². The van der Waals surface area contributed by atoms with Gasteiger partial charge in [-0.15, -0.1) is 11.3 Å². The Balaban J connectivity index is 1.53. The summed E-state index contributed by atoms with van der Waals surface area (Å²) in [6.45, 7) is 4.66. The predicted molar refractivity (Wildman–Crippen MR) is 169 cm³/mol. The molecule has 1 unspecified atom stereocenters. The van der Waals surface area contributed by atoms with Crippen molar-refractivity contribution in [3.8, 4) is 28.1 Å². The summed E-state index contributed by atoms with van der Waals surface area (Å²) < 4.78 is 43.6. The molecule has 2 amide bonds. The summed E-state index contributed by atoms with van der Waals surface area (Å²) in [5.41, 5.74) is 2.29. The molecular weight excluding hydrogens is 600 g/mol. The van der Waals surface area contributed by atoms with Crippen molar-refractivity contribution in [2.24, 2.45) is 7.05 Å². The number of ether oxygens (including phenoxy) is 2. The lowest BCUT2D eigenvalue weighted by Crippen LogP contribution is -2.49. The van der Waals surface area contributed by atoms with Crippen molar-refractivity contribution in [2.75, 3.05) is 33.4 Å². The Morgan fingerprint density at radius 1 is 1.18 bits per heavy atom. The smallest absolute Gasteiger partial charge is 0.270 e. The highest BCUT2D eigenvalue weighted by molar-refractivity contribution is 7.18. The molecule has 1 aliphatic heterocycles. The number of likely N-dealkylation sites (tertiary alicyclic amines) is 1. The fraction of sp³-hybridized carbons (Fsp3) is 0.273. The quantitative estimate of drug-likeness (QED) is 0.165. The van der Waals surface area contributed by atoms with E-state index >= 15 is 4.39 Å². The van der Waals surface area contributed by atoms with Crippen molar-refractivity contribution in [1.82, 2.24) is 25.0 Å². The Bertz CT molecular complexity index is 1940. The SMILES string of the molecule is C=CC(=O)N1CCCC(NC(=O)c2nc(-c3ccc4c(cnn4C)c3)c3ccsc3c2-c2c(F)cc(F)cc2OCCOC)C1. The van der Waals surface area contributed by atoms with E-state index in [1.165, 1.54) is 24.5 Å². The maximum atomic E-state index is 15.9. The third-order valence-corrected chi connectivity index (χ3v) is 8.83. The summed E-state index contributed by atoms with van der Waals surface area (Å²) in [4.78, 5) is 33.1. The zero-order valence-corrected chi connectivity index (χ0v) is 25.6. The van der Waals surface area contributed by atoms with E-state index in [1.807, 2.05) is 36.7 Å². The van der Waals surface area contributed by atoms with Gasteiger partial charge >= 0.3 is 0 Å². The normalized spacial score (nSPS) is 15.0. The van der Waals surface area contributed by atoms with Crippen molar-refractivity contribution in [3.05, 3.63) is 78.0 Å². The van der Waals surface area contributed by atoms with Crippen molar-refractivity contribution in [2.45, 2.75) is 18.9 Å². The number of fused-ring (bicyclic) bond motifs is 2. The number of methoxy groups -OCH3 is 1. The van der Waals surface area contributed by atoms with E-state index < -0.39 is 17.5 Å². The minimum atomic E-state index is -0.891. The summed E-state index contributed by atoms with van der Waals surface area (Å²) in [5, 5.41) is 10.8. The first-order valence-corrected chi connectivity index (χ1v) is 15.3. The van der Waals surface area contributed by atoms with Crippen LogP contribution in [-0.2, 0) is 16.6 Å². The van der Waals surface area contributed by atoms with Crippen LogP contribution in [0.2, 0.25) is 0 Å². The highest BCUT2D eigenvalue weighted by Gasteiger charge is 2.30. The first kappa shape index (κ1) is 30.4. The molecule has 3 aromatic heterocycles. The first-order valence-electron chi connectivity index (χ1n) is 14.5. The molecule has 45 heavy (non-hydrogen) atoms. The minimum absolute atomic E-state index is 0.0351. The average molecular weight is 632 g/mol. The first-order chi connectivity index (χ1) is 21.8. The second kappa shape index (κ2) is 12.7. The van der Waals surface area contributed by atoms with Crippen LogP contribution in [0.4, 0.5) is 8.78 Å². The largest absolute Gasteiger partial charge is 0.490 e. The molecule has 5 aromatic rings. The summed E-state index contributed by atoms with van der Waals surface area (Å²) in [6.07, 6.45) is 4.34. The zero-order chi connectivity index (χ0) is 31.7. The third-order valence-electron chi connectivity index (χ3n) is 7.90. The van der Waals surface area contributed by atoms with Crippen molar-refractivity contribution >= 4 is 44.1 Å². The number of pyridine rings is 1. The Morgan fingerprint density at radius 2 is 2.02 bits per heavy atom. The molecule has 0 spiro atoms. The number of nitrogens with one attached hydrogen (secondary N) is 1. The number of aromatic nitrogens is 3. The highest BCUT2D eigenvalue weighted by Crippen LogP contribution is 2.44. The average Bonchev–Trinajstić information content (AvgIpc) is 3.67. The lowest BCUT2D eigenvalue weighted by molar-refractivity contribution is -0.127. The van der Waals surface area contributed by atoms with Gasteiger partial charge in [0.15, 0.2) is 0 Å². The van der Waals surface area contributed by atoms with E-state index in [9.17, 15) is 14.0 Å². The van der Waals surface area contributed by atoms with Gasteiger partial charge in [0.25, 0.3) is 5.91 Å². The summed E-state index contributed by atoms with van der Waals surface area (Å²) in [7, 11) is 3.35. The maximum Gasteiger partial charge on any atom is 0.270 e. The number of hydrogen-bond donors (Lipinski definition) is 1. The molecular formula is C33H31F2N5O4S. The fourth-order valence-electron chi connectivity index (χ4n) is 5.77. The number of halogens is 2. The molecule has 0 radical (unpaired) electrons. The number of piperidine rings is 1. The van der Waals surface area contributed by atoms with Gasteiger partial charge < -0.3 is 19.7 Å². The van der Waals surface area contributed by atoms with Crippen LogP contribution in [0.15, 0.2) is 60.6 Å². The van der Waals surface area contributed by atoms with E-state index in [1.54, 1.807) is 15.8 Å². The molecule has 4 heterocycles. The number of thiophene rings is 1. The molecule has 1 saturated heterocycles. The summed E-state index contributed by atoms with van der Waals surface area (Å²) in [6, 6.07) is 9.15. The zero-order valence-electron chi connectivity index (χ0n) is 24.8. The molecule has 12 heteroatoms. The van der Waals surface area contributed by atoms with E-state index in [4.69, 9.17) is 14.5 Å². The van der Waals surface area contributed by atoms with E-state index in [0.717, 1.165) is 28.6 Å². The molecule has 0 saturated carbocycles. The van der Waals surface area contributed by atoms with Crippen LogP contribution in [0, 0.1) is 11.6 Å².